The maximum atomic E-state index is 12.3. The molecule has 0 heterocycles. The molecule has 0 aliphatic rings. The molecule has 0 spiro atoms. The van der Waals surface area contributed by atoms with Gasteiger partial charge in [0.15, 0.2) is 5.78 Å². The smallest absolute Gasteiger partial charge is 0.306 e. The molecule has 0 amide bonds. The summed E-state index contributed by atoms with van der Waals surface area (Å²) in [5, 5.41) is 0. The van der Waals surface area contributed by atoms with Crippen LogP contribution in [-0.4, -0.2) is 39.7 Å². The van der Waals surface area contributed by atoms with Crippen molar-refractivity contribution >= 4 is 11.8 Å². The SMILES string of the molecule is CCOC(=O)CCC(=O)c1c(OC)cc(OC)cc1OC. The van der Waals surface area contributed by atoms with E-state index in [0.29, 0.717) is 29.4 Å². The molecule has 6 nitrogen and oxygen atoms in total. The third kappa shape index (κ3) is 4.37. The summed E-state index contributed by atoms with van der Waals surface area (Å²) in [7, 11) is 4.42. The van der Waals surface area contributed by atoms with Gasteiger partial charge in [-0.15, -0.1) is 0 Å². The van der Waals surface area contributed by atoms with Crippen molar-refractivity contribution < 1.29 is 28.5 Å². The summed E-state index contributed by atoms with van der Waals surface area (Å²) >= 11 is 0. The van der Waals surface area contributed by atoms with Crippen molar-refractivity contribution in [3.8, 4) is 17.2 Å². The quantitative estimate of drug-likeness (QED) is 0.541. The van der Waals surface area contributed by atoms with Crippen LogP contribution in [0.15, 0.2) is 12.1 Å². The number of carbonyl (C=O) groups is 2. The number of benzene rings is 1. The van der Waals surface area contributed by atoms with Crippen LogP contribution < -0.4 is 14.2 Å². The molecule has 1 aromatic carbocycles. The second kappa shape index (κ2) is 8.14. The normalized spacial score (nSPS) is 9.90. The molecule has 21 heavy (non-hydrogen) atoms. The van der Waals surface area contributed by atoms with Crippen LogP contribution in [0.3, 0.4) is 0 Å². The van der Waals surface area contributed by atoms with E-state index in [1.54, 1.807) is 19.1 Å². The van der Waals surface area contributed by atoms with Crippen LogP contribution in [0.1, 0.15) is 30.1 Å². The Balaban J connectivity index is 2.99. The first-order chi connectivity index (χ1) is 10.1. The summed E-state index contributed by atoms with van der Waals surface area (Å²) in [6.45, 7) is 2.01. The number of esters is 1. The summed E-state index contributed by atoms with van der Waals surface area (Å²) in [6, 6.07) is 3.19. The van der Waals surface area contributed by atoms with Gasteiger partial charge in [-0.05, 0) is 6.92 Å². The van der Waals surface area contributed by atoms with Crippen molar-refractivity contribution in [3.63, 3.8) is 0 Å². The van der Waals surface area contributed by atoms with Crippen LogP contribution in [0.25, 0.3) is 0 Å². The molecule has 0 atom stereocenters. The second-order valence-corrected chi connectivity index (χ2v) is 4.14. The second-order valence-electron chi connectivity index (χ2n) is 4.14. The first-order valence-electron chi connectivity index (χ1n) is 6.56. The van der Waals surface area contributed by atoms with E-state index >= 15 is 0 Å². The third-order valence-electron chi connectivity index (χ3n) is 2.86. The lowest BCUT2D eigenvalue weighted by Crippen LogP contribution is -2.10. The van der Waals surface area contributed by atoms with Gasteiger partial charge < -0.3 is 18.9 Å². The fourth-order valence-corrected chi connectivity index (χ4v) is 1.85. The number of carbonyl (C=O) groups excluding carboxylic acids is 2. The van der Waals surface area contributed by atoms with Crippen molar-refractivity contribution in [3.05, 3.63) is 17.7 Å². The van der Waals surface area contributed by atoms with E-state index in [4.69, 9.17) is 18.9 Å². The fourth-order valence-electron chi connectivity index (χ4n) is 1.85. The molecule has 0 bridgehead atoms. The molecule has 0 fully saturated rings. The summed E-state index contributed by atoms with van der Waals surface area (Å²) in [6.07, 6.45) is 0.0445. The topological polar surface area (TPSA) is 71.1 Å². The summed E-state index contributed by atoms with van der Waals surface area (Å²) in [5.41, 5.74) is 0.296. The largest absolute Gasteiger partial charge is 0.496 e. The van der Waals surface area contributed by atoms with Gasteiger partial charge in [0.25, 0.3) is 0 Å². The molecule has 0 unspecified atom stereocenters. The molecular weight excluding hydrogens is 276 g/mol. The van der Waals surface area contributed by atoms with E-state index in [0.717, 1.165) is 0 Å². The molecule has 116 valence electrons. The zero-order valence-corrected chi connectivity index (χ0v) is 12.7. The number of ketones is 1. The third-order valence-corrected chi connectivity index (χ3v) is 2.86. The first kappa shape index (κ1) is 16.8. The highest BCUT2D eigenvalue weighted by atomic mass is 16.5. The molecule has 0 N–H and O–H groups in total. The Morgan fingerprint density at radius 2 is 1.52 bits per heavy atom. The minimum absolute atomic E-state index is 0.0189. The highest BCUT2D eigenvalue weighted by Crippen LogP contribution is 2.35. The molecule has 0 aliphatic heterocycles. The summed E-state index contributed by atoms with van der Waals surface area (Å²) in [5.74, 6) is 0.558. The van der Waals surface area contributed by atoms with Crippen LogP contribution in [0, 0.1) is 0 Å². The van der Waals surface area contributed by atoms with Crippen molar-refractivity contribution in [2.24, 2.45) is 0 Å². The molecular formula is C15H20O6. The Kier molecular flexibility index (Phi) is 6.52. The predicted octanol–water partition coefficient (Wildman–Crippen LogP) is 2.24. The highest BCUT2D eigenvalue weighted by molar-refractivity contribution is 6.02. The Morgan fingerprint density at radius 3 is 1.95 bits per heavy atom. The minimum atomic E-state index is -0.405. The van der Waals surface area contributed by atoms with E-state index in [1.807, 2.05) is 0 Å². The van der Waals surface area contributed by atoms with Crippen molar-refractivity contribution in [1.29, 1.82) is 0 Å². The molecule has 0 aromatic heterocycles. The lowest BCUT2D eigenvalue weighted by molar-refractivity contribution is -0.143. The van der Waals surface area contributed by atoms with Gasteiger partial charge in [0.1, 0.15) is 22.8 Å². The van der Waals surface area contributed by atoms with Crippen LogP contribution in [-0.2, 0) is 9.53 Å². The molecule has 0 saturated heterocycles. The standard InChI is InChI=1S/C15H20O6/c1-5-21-14(17)7-6-11(16)15-12(19-3)8-10(18-2)9-13(15)20-4/h8-9H,5-7H2,1-4H3. The van der Waals surface area contributed by atoms with Gasteiger partial charge in [0, 0.05) is 18.6 Å². The monoisotopic (exact) mass is 296 g/mol. The average molecular weight is 296 g/mol. The van der Waals surface area contributed by atoms with E-state index < -0.39 is 5.97 Å². The highest BCUT2D eigenvalue weighted by Gasteiger charge is 2.21. The number of hydrogen-bond donors (Lipinski definition) is 0. The number of ether oxygens (including phenoxy) is 4. The number of rotatable bonds is 8. The Morgan fingerprint density at radius 1 is 0.952 bits per heavy atom. The van der Waals surface area contributed by atoms with Crippen molar-refractivity contribution in [1.82, 2.24) is 0 Å². The van der Waals surface area contributed by atoms with E-state index in [9.17, 15) is 9.59 Å². The minimum Gasteiger partial charge on any atom is -0.496 e. The predicted molar refractivity (Wildman–Crippen MR) is 76.3 cm³/mol. The van der Waals surface area contributed by atoms with Gasteiger partial charge >= 0.3 is 5.97 Å². The summed E-state index contributed by atoms with van der Waals surface area (Å²) < 4.78 is 20.3. The molecule has 1 rings (SSSR count). The lowest BCUT2D eigenvalue weighted by atomic mass is 10.0. The van der Waals surface area contributed by atoms with E-state index in [1.165, 1.54) is 21.3 Å². The van der Waals surface area contributed by atoms with Crippen molar-refractivity contribution in [2.75, 3.05) is 27.9 Å². The van der Waals surface area contributed by atoms with E-state index in [2.05, 4.69) is 0 Å². The number of methoxy groups -OCH3 is 3. The number of Topliss-reactive ketones (excluding diaryl/α,β-unsaturated/α-hetero) is 1. The molecule has 0 aliphatic carbocycles. The maximum Gasteiger partial charge on any atom is 0.306 e. The Labute approximate surface area is 123 Å². The van der Waals surface area contributed by atoms with Gasteiger partial charge in [0.05, 0.1) is 34.4 Å². The Bertz CT molecular complexity index is 484. The van der Waals surface area contributed by atoms with Gasteiger partial charge in [-0.2, -0.15) is 0 Å². The van der Waals surface area contributed by atoms with Gasteiger partial charge in [-0.3, -0.25) is 9.59 Å². The fraction of sp³-hybridized carbons (Fsp3) is 0.467. The first-order valence-corrected chi connectivity index (χ1v) is 6.56. The zero-order valence-electron chi connectivity index (χ0n) is 12.7. The average Bonchev–Trinajstić information content (AvgIpc) is 2.51. The number of hydrogen-bond acceptors (Lipinski definition) is 6. The van der Waals surface area contributed by atoms with Crippen LogP contribution in [0.5, 0.6) is 17.2 Å². The van der Waals surface area contributed by atoms with Gasteiger partial charge in [-0.1, -0.05) is 0 Å². The molecule has 0 radical (unpaired) electrons. The molecule has 1 aromatic rings. The lowest BCUT2D eigenvalue weighted by Gasteiger charge is -2.14. The summed E-state index contributed by atoms with van der Waals surface area (Å²) in [4.78, 5) is 23.6. The van der Waals surface area contributed by atoms with Crippen molar-refractivity contribution in [2.45, 2.75) is 19.8 Å². The van der Waals surface area contributed by atoms with Gasteiger partial charge in [0.2, 0.25) is 0 Å². The Hall–Kier alpha value is -2.24. The zero-order chi connectivity index (χ0) is 15.8. The maximum absolute atomic E-state index is 12.3. The van der Waals surface area contributed by atoms with Gasteiger partial charge in [-0.25, -0.2) is 0 Å². The van der Waals surface area contributed by atoms with Crippen LogP contribution >= 0.6 is 0 Å². The molecule has 0 saturated carbocycles. The van der Waals surface area contributed by atoms with Crippen LogP contribution in [0.2, 0.25) is 0 Å². The molecule has 6 heteroatoms. The van der Waals surface area contributed by atoms with E-state index in [-0.39, 0.29) is 18.6 Å². The van der Waals surface area contributed by atoms with Crippen LogP contribution in [0.4, 0.5) is 0 Å².